The summed E-state index contributed by atoms with van der Waals surface area (Å²) < 4.78 is 0. The predicted octanol–water partition coefficient (Wildman–Crippen LogP) is 0.447. The van der Waals surface area contributed by atoms with Gasteiger partial charge in [-0.2, -0.15) is 0 Å². The summed E-state index contributed by atoms with van der Waals surface area (Å²) in [6.45, 7) is 3.12. The lowest BCUT2D eigenvalue weighted by molar-refractivity contribution is -0.119. The van der Waals surface area contributed by atoms with Crippen molar-refractivity contribution in [2.24, 2.45) is 0 Å². The Morgan fingerprint density at radius 3 is 2.00 bits per heavy atom. The van der Waals surface area contributed by atoms with Crippen molar-refractivity contribution in [3.8, 4) is 24.9 Å². The van der Waals surface area contributed by atoms with Gasteiger partial charge in [-0.1, -0.05) is 12.8 Å². The van der Waals surface area contributed by atoms with E-state index in [4.69, 9.17) is 12.8 Å². The highest BCUT2D eigenvalue weighted by atomic mass is 16.1. The monoisotopic (exact) mass is 135 g/mol. The molecule has 0 saturated heterocycles. The Morgan fingerprint density at radius 2 is 1.90 bits per heavy atom. The van der Waals surface area contributed by atoms with E-state index in [1.54, 1.807) is 6.92 Å². The van der Waals surface area contributed by atoms with Crippen LogP contribution in [0.5, 0.6) is 0 Å². The molecule has 52 valence electrons. The highest BCUT2D eigenvalue weighted by Crippen LogP contribution is 1.95. The van der Waals surface area contributed by atoms with Crippen molar-refractivity contribution < 1.29 is 4.79 Å². The average molecular weight is 135 g/mol. The molecule has 0 aliphatic carbocycles. The lowest BCUT2D eigenvalue weighted by atomic mass is 10.2. The summed E-state index contributed by atoms with van der Waals surface area (Å²) in [7, 11) is 0. The van der Waals surface area contributed by atoms with Gasteiger partial charge in [0.2, 0.25) is 0 Å². The number of nitrogens with zero attached hydrogens (tertiary/aromatic N) is 1. The highest BCUT2D eigenvalue weighted by Gasteiger charge is 2.11. The first-order valence-corrected chi connectivity index (χ1v) is 2.85. The van der Waals surface area contributed by atoms with Crippen LogP contribution in [0, 0.1) is 24.9 Å². The normalized spacial score (nSPS) is 10.8. The van der Waals surface area contributed by atoms with Gasteiger partial charge >= 0.3 is 0 Å². The third-order valence-electron chi connectivity index (χ3n) is 1.25. The van der Waals surface area contributed by atoms with E-state index in [1.807, 2.05) is 0 Å². The first kappa shape index (κ1) is 8.59. The summed E-state index contributed by atoms with van der Waals surface area (Å²) >= 11 is 0. The van der Waals surface area contributed by atoms with E-state index >= 15 is 0 Å². The summed E-state index contributed by atoms with van der Waals surface area (Å²) in [4.78, 5) is 11.9. The van der Waals surface area contributed by atoms with Gasteiger partial charge in [0, 0.05) is 12.1 Å². The number of Topliss-reactive ketones (excluding diaryl/α,β-unsaturated/α-hetero) is 1. The summed E-state index contributed by atoms with van der Waals surface area (Å²) in [5.41, 5.74) is 0. The molecule has 2 heteroatoms. The van der Waals surface area contributed by atoms with Crippen LogP contribution in [-0.2, 0) is 4.79 Å². The van der Waals surface area contributed by atoms with Gasteiger partial charge in [-0.15, -0.1) is 0 Å². The molecule has 0 aromatic carbocycles. The standard InChI is InChI=1S/C8H9NO/c1-5-9(6-2)7(3)8(4)10/h1-2,7H,3-4H3. The van der Waals surface area contributed by atoms with Crippen molar-refractivity contribution in [1.29, 1.82) is 0 Å². The van der Waals surface area contributed by atoms with Crippen molar-refractivity contribution in [2.75, 3.05) is 0 Å². The molecule has 0 aromatic rings. The zero-order valence-electron chi connectivity index (χ0n) is 6.09. The predicted molar refractivity (Wildman–Crippen MR) is 39.6 cm³/mol. The Kier molecular flexibility index (Phi) is 3.08. The van der Waals surface area contributed by atoms with Crippen LogP contribution in [0.2, 0.25) is 0 Å². The van der Waals surface area contributed by atoms with Crippen LogP contribution >= 0.6 is 0 Å². The fraction of sp³-hybridized carbons (Fsp3) is 0.375. The maximum atomic E-state index is 10.7. The molecule has 0 aliphatic rings. The molecule has 0 aliphatic heterocycles. The largest absolute Gasteiger partial charge is 0.298 e. The SMILES string of the molecule is C#CN(C#C)C(C)C(C)=O. The maximum Gasteiger partial charge on any atom is 0.153 e. The quantitative estimate of drug-likeness (QED) is 0.404. The van der Waals surface area contributed by atoms with Gasteiger partial charge in [-0.05, 0) is 13.8 Å². The molecule has 0 fully saturated rings. The third-order valence-corrected chi connectivity index (χ3v) is 1.25. The van der Waals surface area contributed by atoms with Gasteiger partial charge in [0.25, 0.3) is 0 Å². The lowest BCUT2D eigenvalue weighted by Crippen LogP contribution is -2.29. The minimum absolute atomic E-state index is 0.0316. The van der Waals surface area contributed by atoms with Crippen molar-refractivity contribution >= 4 is 5.78 Å². The van der Waals surface area contributed by atoms with Crippen molar-refractivity contribution in [3.05, 3.63) is 0 Å². The van der Waals surface area contributed by atoms with Crippen molar-refractivity contribution in [3.63, 3.8) is 0 Å². The van der Waals surface area contributed by atoms with E-state index in [1.165, 1.54) is 11.8 Å². The maximum absolute atomic E-state index is 10.7. The van der Waals surface area contributed by atoms with Gasteiger partial charge in [0.15, 0.2) is 5.78 Å². The molecule has 0 N–H and O–H groups in total. The number of carbonyl (C=O) groups excluding carboxylic acids is 1. The Labute approximate surface area is 61.2 Å². The van der Waals surface area contributed by atoms with Crippen molar-refractivity contribution in [1.82, 2.24) is 4.90 Å². The second-order valence-electron chi connectivity index (χ2n) is 1.91. The summed E-state index contributed by atoms with van der Waals surface area (Å²) in [5, 5.41) is 0. The van der Waals surface area contributed by atoms with Crippen LogP contribution in [0.15, 0.2) is 0 Å². The summed E-state index contributed by atoms with van der Waals surface area (Å²) in [5.74, 6) is -0.0316. The number of ketones is 1. The van der Waals surface area contributed by atoms with Gasteiger partial charge in [-0.25, -0.2) is 0 Å². The van der Waals surface area contributed by atoms with Crippen molar-refractivity contribution in [2.45, 2.75) is 19.9 Å². The van der Waals surface area contributed by atoms with Gasteiger partial charge in [0.05, 0.1) is 0 Å². The fourth-order valence-corrected chi connectivity index (χ4v) is 0.443. The van der Waals surface area contributed by atoms with Gasteiger partial charge in [-0.3, -0.25) is 9.69 Å². The molecular formula is C8H9NO. The van der Waals surface area contributed by atoms with Crippen LogP contribution < -0.4 is 0 Å². The molecule has 1 unspecified atom stereocenters. The van der Waals surface area contributed by atoms with Crippen LogP contribution in [0.3, 0.4) is 0 Å². The third kappa shape index (κ3) is 1.84. The highest BCUT2D eigenvalue weighted by molar-refractivity contribution is 5.81. The molecule has 0 spiro atoms. The Morgan fingerprint density at radius 1 is 1.50 bits per heavy atom. The fourth-order valence-electron chi connectivity index (χ4n) is 0.443. The zero-order valence-corrected chi connectivity index (χ0v) is 6.09. The number of rotatable bonds is 2. The molecule has 0 aromatic heterocycles. The first-order chi connectivity index (χ1) is 4.63. The summed E-state index contributed by atoms with van der Waals surface area (Å²) in [6, 6.07) is 4.04. The molecule has 0 amide bonds. The number of carbonyl (C=O) groups is 1. The summed E-state index contributed by atoms with van der Waals surface area (Å²) in [6.07, 6.45) is 10.0. The molecule has 1 atom stereocenters. The number of hydrogen-bond acceptors (Lipinski definition) is 2. The van der Waals surface area contributed by atoms with Crippen LogP contribution in [0.4, 0.5) is 0 Å². The van der Waals surface area contributed by atoms with E-state index in [2.05, 4.69) is 12.1 Å². The molecule has 0 saturated carbocycles. The van der Waals surface area contributed by atoms with E-state index in [-0.39, 0.29) is 11.8 Å². The van der Waals surface area contributed by atoms with Gasteiger partial charge in [0.1, 0.15) is 6.04 Å². The minimum atomic E-state index is -0.380. The van der Waals surface area contributed by atoms with Crippen LogP contribution in [0.25, 0.3) is 0 Å². The zero-order chi connectivity index (χ0) is 8.15. The molecule has 0 bridgehead atoms. The van der Waals surface area contributed by atoms with E-state index < -0.39 is 0 Å². The molecule has 0 rings (SSSR count). The lowest BCUT2D eigenvalue weighted by Gasteiger charge is -2.14. The molecule has 2 nitrogen and oxygen atoms in total. The van der Waals surface area contributed by atoms with Crippen LogP contribution in [0.1, 0.15) is 13.8 Å². The topological polar surface area (TPSA) is 20.3 Å². The smallest absolute Gasteiger partial charge is 0.153 e. The first-order valence-electron chi connectivity index (χ1n) is 2.85. The second-order valence-corrected chi connectivity index (χ2v) is 1.91. The second kappa shape index (κ2) is 3.58. The van der Waals surface area contributed by atoms with Gasteiger partial charge < -0.3 is 0 Å². The Hall–Kier alpha value is -1.41. The average Bonchev–Trinajstić information content (AvgIpc) is 1.90. The van der Waals surface area contributed by atoms with E-state index in [9.17, 15) is 4.79 Å². The molecule has 0 radical (unpaired) electrons. The van der Waals surface area contributed by atoms with Crippen LogP contribution in [-0.4, -0.2) is 16.7 Å². The molecule has 10 heavy (non-hydrogen) atoms. The number of terminal acetylenes is 2. The minimum Gasteiger partial charge on any atom is -0.298 e. The van der Waals surface area contributed by atoms with E-state index in [0.717, 1.165) is 0 Å². The Bertz CT molecular complexity index is 192. The Balaban J connectivity index is 4.23. The molecular weight excluding hydrogens is 126 g/mol. The molecule has 0 heterocycles. The number of hydrogen-bond donors (Lipinski definition) is 0. The van der Waals surface area contributed by atoms with E-state index in [0.29, 0.717) is 0 Å².